The van der Waals surface area contributed by atoms with Gasteiger partial charge in [-0.05, 0) is 30.2 Å². The van der Waals surface area contributed by atoms with E-state index in [1.165, 1.54) is 23.2 Å². The Bertz CT molecular complexity index is 622. The molecule has 2 heteroatoms. The predicted molar refractivity (Wildman–Crippen MR) is 86.3 cm³/mol. The molecule has 1 saturated heterocycles. The van der Waals surface area contributed by atoms with Gasteiger partial charge in [-0.3, -0.25) is 4.90 Å². The maximum atomic E-state index is 2.72. The van der Waals surface area contributed by atoms with E-state index in [1.807, 2.05) is 0 Å². The highest BCUT2D eigenvalue weighted by Crippen LogP contribution is 2.41. The van der Waals surface area contributed by atoms with Gasteiger partial charge in [0.1, 0.15) is 0 Å². The Morgan fingerprint density at radius 2 is 1.62 bits per heavy atom. The van der Waals surface area contributed by atoms with Crippen LogP contribution in [0.4, 0.5) is 0 Å². The van der Waals surface area contributed by atoms with Crippen LogP contribution in [0.25, 0.3) is 0 Å². The topological polar surface area (TPSA) is 6.48 Å². The van der Waals surface area contributed by atoms with Gasteiger partial charge in [-0.15, -0.1) is 0 Å². The van der Waals surface area contributed by atoms with E-state index in [2.05, 4.69) is 71.4 Å². The maximum absolute atomic E-state index is 2.72. The van der Waals surface area contributed by atoms with Crippen LogP contribution in [0.5, 0.6) is 0 Å². The van der Waals surface area contributed by atoms with Gasteiger partial charge in [-0.1, -0.05) is 54.6 Å². The van der Waals surface area contributed by atoms with Crippen molar-refractivity contribution < 1.29 is 0 Å². The van der Waals surface area contributed by atoms with Gasteiger partial charge in [0, 0.05) is 31.7 Å². The smallest absolute Gasteiger partial charge is 0.0484 e. The van der Waals surface area contributed by atoms with Crippen molar-refractivity contribution in [1.29, 1.82) is 0 Å². The lowest BCUT2D eigenvalue weighted by Gasteiger charge is -2.48. The number of likely N-dealkylation sites (N-methyl/N-ethyl adjacent to an activating group) is 1. The van der Waals surface area contributed by atoms with Crippen LogP contribution in [0.1, 0.15) is 28.8 Å². The van der Waals surface area contributed by atoms with E-state index in [1.54, 1.807) is 0 Å². The van der Waals surface area contributed by atoms with Crippen LogP contribution in [-0.2, 0) is 6.42 Å². The van der Waals surface area contributed by atoms with Crippen LogP contribution in [0, 0.1) is 0 Å². The van der Waals surface area contributed by atoms with Gasteiger partial charge in [0.2, 0.25) is 0 Å². The second-order valence-electron chi connectivity index (χ2n) is 6.35. The molecule has 1 fully saturated rings. The minimum atomic E-state index is 0.528. The fourth-order valence-corrected chi connectivity index (χ4v) is 3.94. The van der Waals surface area contributed by atoms with Crippen LogP contribution >= 0.6 is 0 Å². The summed E-state index contributed by atoms with van der Waals surface area (Å²) in [6, 6.07) is 21.1. The van der Waals surface area contributed by atoms with Crippen LogP contribution in [0.15, 0.2) is 54.6 Å². The second kappa shape index (κ2) is 5.28. The Morgan fingerprint density at radius 1 is 0.857 bits per heavy atom. The summed E-state index contributed by atoms with van der Waals surface area (Å²) in [6.45, 7) is 3.47. The molecular weight excluding hydrogens is 256 g/mol. The molecule has 0 radical (unpaired) electrons. The van der Waals surface area contributed by atoms with Crippen LogP contribution < -0.4 is 0 Å². The molecule has 2 nitrogen and oxygen atoms in total. The van der Waals surface area contributed by atoms with E-state index in [-0.39, 0.29) is 0 Å². The second-order valence-corrected chi connectivity index (χ2v) is 6.35. The lowest BCUT2D eigenvalue weighted by atomic mass is 9.84. The van der Waals surface area contributed by atoms with Crippen molar-refractivity contribution in [3.8, 4) is 0 Å². The zero-order valence-electron chi connectivity index (χ0n) is 12.6. The predicted octanol–water partition coefficient (Wildman–Crippen LogP) is 3.27. The fourth-order valence-electron chi connectivity index (χ4n) is 3.94. The molecule has 21 heavy (non-hydrogen) atoms. The molecule has 0 N–H and O–H groups in total. The standard InChI is InChI=1S/C19H22N2/c1-20-11-12-21-18(15-7-3-2-4-8-15)13-16-9-5-6-10-17(16)19(21)14-20/h2-10,18-19H,11-14H2,1H3/t18-,19+/m1/s1. The first-order chi connectivity index (χ1) is 10.3. The van der Waals surface area contributed by atoms with E-state index in [0.717, 1.165) is 19.5 Å². The molecule has 4 rings (SSSR count). The molecule has 0 amide bonds. The van der Waals surface area contributed by atoms with E-state index < -0.39 is 0 Å². The Balaban J connectivity index is 1.77. The zero-order valence-corrected chi connectivity index (χ0v) is 12.6. The molecule has 0 aliphatic carbocycles. The molecule has 2 aliphatic heterocycles. The monoisotopic (exact) mass is 278 g/mol. The van der Waals surface area contributed by atoms with E-state index >= 15 is 0 Å². The van der Waals surface area contributed by atoms with Gasteiger partial charge in [0.05, 0.1) is 0 Å². The van der Waals surface area contributed by atoms with E-state index in [4.69, 9.17) is 0 Å². The van der Waals surface area contributed by atoms with Gasteiger partial charge in [-0.25, -0.2) is 0 Å². The number of rotatable bonds is 1. The molecule has 0 unspecified atom stereocenters. The number of benzene rings is 2. The lowest BCUT2D eigenvalue weighted by molar-refractivity contribution is 0.0404. The SMILES string of the molecule is CN1CCN2[C@@H](c3ccccc3)Cc3ccccc3[C@@H]2C1. The Morgan fingerprint density at radius 3 is 2.48 bits per heavy atom. The minimum absolute atomic E-state index is 0.528. The molecule has 0 saturated carbocycles. The highest BCUT2D eigenvalue weighted by atomic mass is 15.3. The lowest BCUT2D eigenvalue weighted by Crippen LogP contribution is -2.50. The quantitative estimate of drug-likeness (QED) is 0.790. The molecule has 2 aliphatic rings. The van der Waals surface area contributed by atoms with Crippen molar-refractivity contribution in [2.75, 3.05) is 26.7 Å². The zero-order chi connectivity index (χ0) is 14.2. The number of hydrogen-bond donors (Lipinski definition) is 0. The first kappa shape index (κ1) is 13.1. The first-order valence-electron chi connectivity index (χ1n) is 7.90. The summed E-state index contributed by atoms with van der Waals surface area (Å²) in [7, 11) is 2.24. The number of fused-ring (bicyclic) bond motifs is 3. The van der Waals surface area contributed by atoms with Crippen LogP contribution in [-0.4, -0.2) is 36.5 Å². The summed E-state index contributed by atoms with van der Waals surface area (Å²) < 4.78 is 0. The van der Waals surface area contributed by atoms with Crippen molar-refractivity contribution in [1.82, 2.24) is 9.80 Å². The third kappa shape index (κ3) is 2.29. The Kier molecular flexibility index (Phi) is 3.28. The maximum Gasteiger partial charge on any atom is 0.0484 e. The van der Waals surface area contributed by atoms with Crippen molar-refractivity contribution in [2.24, 2.45) is 0 Å². The molecule has 2 atom stereocenters. The van der Waals surface area contributed by atoms with Gasteiger partial charge in [-0.2, -0.15) is 0 Å². The molecule has 2 aromatic carbocycles. The van der Waals surface area contributed by atoms with Crippen LogP contribution in [0.3, 0.4) is 0 Å². The summed E-state index contributed by atoms with van der Waals surface area (Å²) in [5, 5.41) is 0. The van der Waals surface area contributed by atoms with Gasteiger partial charge in [0.25, 0.3) is 0 Å². The third-order valence-electron chi connectivity index (χ3n) is 5.04. The summed E-state index contributed by atoms with van der Waals surface area (Å²) in [5.74, 6) is 0. The summed E-state index contributed by atoms with van der Waals surface area (Å²) >= 11 is 0. The largest absolute Gasteiger partial charge is 0.303 e. The molecule has 0 spiro atoms. The Labute approximate surface area is 127 Å². The minimum Gasteiger partial charge on any atom is -0.303 e. The highest BCUT2D eigenvalue weighted by Gasteiger charge is 2.37. The Hall–Kier alpha value is -1.64. The number of hydrogen-bond acceptors (Lipinski definition) is 2. The number of nitrogens with zero attached hydrogens (tertiary/aromatic N) is 2. The summed E-state index contributed by atoms with van der Waals surface area (Å²) in [6.07, 6.45) is 1.14. The van der Waals surface area contributed by atoms with Crippen molar-refractivity contribution in [3.63, 3.8) is 0 Å². The van der Waals surface area contributed by atoms with Crippen molar-refractivity contribution >= 4 is 0 Å². The summed E-state index contributed by atoms with van der Waals surface area (Å²) in [4.78, 5) is 5.18. The molecular formula is C19H22N2. The molecule has 2 aromatic rings. The third-order valence-corrected chi connectivity index (χ3v) is 5.04. The average molecular weight is 278 g/mol. The molecule has 0 bridgehead atoms. The molecule has 108 valence electrons. The highest BCUT2D eigenvalue weighted by molar-refractivity contribution is 5.36. The first-order valence-corrected chi connectivity index (χ1v) is 7.90. The van der Waals surface area contributed by atoms with E-state index in [9.17, 15) is 0 Å². The van der Waals surface area contributed by atoms with Gasteiger partial charge < -0.3 is 4.90 Å². The van der Waals surface area contributed by atoms with Gasteiger partial charge in [0.15, 0.2) is 0 Å². The van der Waals surface area contributed by atoms with Crippen molar-refractivity contribution in [3.05, 3.63) is 71.3 Å². The van der Waals surface area contributed by atoms with Crippen molar-refractivity contribution in [2.45, 2.75) is 18.5 Å². The average Bonchev–Trinajstić information content (AvgIpc) is 2.55. The summed E-state index contributed by atoms with van der Waals surface area (Å²) in [5.41, 5.74) is 4.53. The molecule has 0 aromatic heterocycles. The number of piperazine rings is 1. The normalized spacial score (nSPS) is 26.1. The van der Waals surface area contributed by atoms with Crippen LogP contribution in [0.2, 0.25) is 0 Å². The van der Waals surface area contributed by atoms with Gasteiger partial charge >= 0.3 is 0 Å². The fraction of sp³-hybridized carbons (Fsp3) is 0.368. The van der Waals surface area contributed by atoms with E-state index in [0.29, 0.717) is 12.1 Å². The molecule has 2 heterocycles.